The van der Waals surface area contributed by atoms with Crippen molar-refractivity contribution >= 4 is 5.96 Å². The molecule has 1 saturated carbocycles. The lowest BCUT2D eigenvalue weighted by Crippen LogP contribution is -2.39. The normalized spacial score (nSPS) is 17.5. The van der Waals surface area contributed by atoms with Crippen molar-refractivity contribution in [3.05, 3.63) is 35.9 Å². The van der Waals surface area contributed by atoms with E-state index in [1.807, 2.05) is 13.1 Å². The lowest BCUT2D eigenvalue weighted by Gasteiger charge is -2.18. The molecule has 0 amide bonds. The Labute approximate surface area is 134 Å². The van der Waals surface area contributed by atoms with Crippen molar-refractivity contribution in [3.63, 3.8) is 0 Å². The van der Waals surface area contributed by atoms with Gasteiger partial charge in [0.25, 0.3) is 0 Å². The van der Waals surface area contributed by atoms with Crippen LogP contribution in [0.1, 0.15) is 50.6 Å². The van der Waals surface area contributed by atoms with E-state index in [9.17, 15) is 0 Å². The van der Waals surface area contributed by atoms with Crippen molar-refractivity contribution in [2.24, 2.45) is 4.99 Å². The molecule has 0 saturated heterocycles. The summed E-state index contributed by atoms with van der Waals surface area (Å²) in [4.78, 5) is 4.28. The van der Waals surface area contributed by atoms with Gasteiger partial charge in [0.15, 0.2) is 5.96 Å². The van der Waals surface area contributed by atoms with E-state index in [1.54, 1.807) is 0 Å². The van der Waals surface area contributed by atoms with Crippen LogP contribution in [0.3, 0.4) is 0 Å². The fourth-order valence-electron chi connectivity index (χ4n) is 2.81. The van der Waals surface area contributed by atoms with E-state index in [0.29, 0.717) is 6.10 Å². The van der Waals surface area contributed by atoms with E-state index in [4.69, 9.17) is 4.74 Å². The summed E-state index contributed by atoms with van der Waals surface area (Å²) < 4.78 is 5.87. The molecule has 0 aromatic heterocycles. The van der Waals surface area contributed by atoms with Gasteiger partial charge in [0.1, 0.15) is 0 Å². The molecule has 2 N–H and O–H groups in total. The molecule has 1 aromatic carbocycles. The third-order valence-electron chi connectivity index (χ3n) is 4.15. The maximum absolute atomic E-state index is 5.87. The van der Waals surface area contributed by atoms with Crippen LogP contribution in [0.5, 0.6) is 0 Å². The van der Waals surface area contributed by atoms with Crippen LogP contribution in [0.15, 0.2) is 35.3 Å². The van der Waals surface area contributed by atoms with Gasteiger partial charge in [-0.1, -0.05) is 43.2 Å². The first kappa shape index (κ1) is 16.8. The zero-order valence-corrected chi connectivity index (χ0v) is 13.8. The minimum absolute atomic E-state index is 0.238. The van der Waals surface area contributed by atoms with Gasteiger partial charge in [-0.3, -0.25) is 4.99 Å². The maximum atomic E-state index is 5.87. The first-order chi connectivity index (χ1) is 10.8. The minimum atomic E-state index is 0.238. The highest BCUT2D eigenvalue weighted by atomic mass is 16.5. The molecular formula is C18H29N3O. The van der Waals surface area contributed by atoms with Crippen molar-refractivity contribution in [3.8, 4) is 0 Å². The molecule has 122 valence electrons. The van der Waals surface area contributed by atoms with Gasteiger partial charge in [-0.25, -0.2) is 0 Å². The summed E-state index contributed by atoms with van der Waals surface area (Å²) in [5.41, 5.74) is 1.26. The number of hydrogen-bond donors (Lipinski definition) is 2. The molecule has 4 heteroatoms. The highest BCUT2D eigenvalue weighted by molar-refractivity contribution is 5.80. The van der Waals surface area contributed by atoms with E-state index >= 15 is 0 Å². The maximum Gasteiger partial charge on any atom is 0.191 e. The summed E-state index contributed by atoms with van der Waals surface area (Å²) in [6, 6.07) is 10.6. The number of benzene rings is 1. The number of ether oxygens (including phenoxy) is 1. The van der Waals surface area contributed by atoms with Crippen LogP contribution in [0.25, 0.3) is 0 Å². The molecule has 0 heterocycles. The predicted molar refractivity (Wildman–Crippen MR) is 92.2 cm³/mol. The standard InChI is InChI=1S/C18H29N3O/c1-15(16-9-4-3-5-10-16)21-18(19-2)20-13-8-14-22-17-11-6-7-12-17/h3-5,9-10,15,17H,6-8,11-14H2,1-2H3,(H2,19,20,21). The van der Waals surface area contributed by atoms with Crippen molar-refractivity contribution < 1.29 is 4.74 Å². The summed E-state index contributed by atoms with van der Waals surface area (Å²) in [6.07, 6.45) is 6.66. The molecule has 1 unspecified atom stereocenters. The van der Waals surface area contributed by atoms with Gasteiger partial charge in [-0.05, 0) is 31.7 Å². The van der Waals surface area contributed by atoms with E-state index in [2.05, 4.69) is 46.8 Å². The molecule has 2 rings (SSSR count). The molecule has 0 aliphatic heterocycles. The van der Waals surface area contributed by atoms with Gasteiger partial charge in [0.05, 0.1) is 12.1 Å². The summed E-state index contributed by atoms with van der Waals surface area (Å²) in [5.74, 6) is 0.845. The third-order valence-corrected chi connectivity index (χ3v) is 4.15. The topological polar surface area (TPSA) is 45.7 Å². The molecule has 1 aromatic rings. The van der Waals surface area contributed by atoms with Gasteiger partial charge in [-0.15, -0.1) is 0 Å². The second kappa shape index (κ2) is 9.46. The lowest BCUT2D eigenvalue weighted by molar-refractivity contribution is 0.0574. The van der Waals surface area contributed by atoms with E-state index in [1.165, 1.54) is 31.2 Å². The quantitative estimate of drug-likeness (QED) is 0.462. The Balaban J connectivity index is 1.62. The molecule has 22 heavy (non-hydrogen) atoms. The largest absolute Gasteiger partial charge is 0.378 e. The number of hydrogen-bond acceptors (Lipinski definition) is 2. The first-order valence-electron chi connectivity index (χ1n) is 8.43. The smallest absolute Gasteiger partial charge is 0.191 e. The highest BCUT2D eigenvalue weighted by Crippen LogP contribution is 2.20. The van der Waals surface area contributed by atoms with Crippen LogP contribution >= 0.6 is 0 Å². The Kier molecular flexibility index (Phi) is 7.23. The molecule has 0 spiro atoms. The Morgan fingerprint density at radius 2 is 2.00 bits per heavy atom. The first-order valence-corrected chi connectivity index (χ1v) is 8.43. The predicted octanol–water partition coefficient (Wildman–Crippen LogP) is 3.26. The number of aliphatic imine (C=N–C) groups is 1. The summed E-state index contributed by atoms with van der Waals surface area (Å²) in [7, 11) is 1.81. The monoisotopic (exact) mass is 303 g/mol. The number of nitrogens with zero attached hydrogens (tertiary/aromatic N) is 1. The highest BCUT2D eigenvalue weighted by Gasteiger charge is 2.14. The summed E-state index contributed by atoms with van der Waals surface area (Å²) >= 11 is 0. The van der Waals surface area contributed by atoms with Gasteiger partial charge < -0.3 is 15.4 Å². The van der Waals surface area contributed by atoms with Crippen molar-refractivity contribution in [1.29, 1.82) is 0 Å². The van der Waals surface area contributed by atoms with E-state index in [0.717, 1.165) is 25.5 Å². The Hall–Kier alpha value is -1.55. The van der Waals surface area contributed by atoms with Crippen molar-refractivity contribution in [2.75, 3.05) is 20.2 Å². The van der Waals surface area contributed by atoms with Gasteiger partial charge in [0.2, 0.25) is 0 Å². The zero-order valence-electron chi connectivity index (χ0n) is 13.8. The summed E-state index contributed by atoms with van der Waals surface area (Å²) in [6.45, 7) is 3.86. The molecule has 1 fully saturated rings. The molecular weight excluding hydrogens is 274 g/mol. The van der Waals surface area contributed by atoms with Crippen molar-refractivity contribution in [2.45, 2.75) is 51.2 Å². The lowest BCUT2D eigenvalue weighted by atomic mass is 10.1. The third kappa shape index (κ3) is 5.68. The van der Waals surface area contributed by atoms with E-state index < -0.39 is 0 Å². The van der Waals surface area contributed by atoms with Crippen LogP contribution in [0.2, 0.25) is 0 Å². The number of rotatable bonds is 7. The SMILES string of the molecule is CN=C(NCCCOC1CCCC1)NC(C)c1ccccc1. The number of nitrogens with one attached hydrogen (secondary N) is 2. The molecule has 1 aliphatic carbocycles. The van der Waals surface area contributed by atoms with Crippen molar-refractivity contribution in [1.82, 2.24) is 10.6 Å². The van der Waals surface area contributed by atoms with Crippen LogP contribution in [0, 0.1) is 0 Å². The van der Waals surface area contributed by atoms with Crippen LogP contribution in [-0.4, -0.2) is 32.3 Å². The average molecular weight is 303 g/mol. The van der Waals surface area contributed by atoms with Gasteiger partial charge in [-0.2, -0.15) is 0 Å². The second-order valence-electron chi connectivity index (χ2n) is 5.91. The zero-order chi connectivity index (χ0) is 15.6. The van der Waals surface area contributed by atoms with Crippen LogP contribution in [0.4, 0.5) is 0 Å². The molecule has 0 bridgehead atoms. The Bertz CT molecular complexity index is 441. The van der Waals surface area contributed by atoms with Gasteiger partial charge in [0, 0.05) is 20.2 Å². The average Bonchev–Trinajstić information content (AvgIpc) is 3.07. The van der Waals surface area contributed by atoms with E-state index in [-0.39, 0.29) is 6.04 Å². The molecule has 1 aliphatic rings. The molecule has 4 nitrogen and oxygen atoms in total. The fraction of sp³-hybridized carbons (Fsp3) is 0.611. The Morgan fingerprint density at radius 1 is 1.27 bits per heavy atom. The molecule has 0 radical (unpaired) electrons. The number of guanidine groups is 1. The molecule has 1 atom stereocenters. The Morgan fingerprint density at radius 3 is 2.68 bits per heavy atom. The van der Waals surface area contributed by atoms with Gasteiger partial charge >= 0.3 is 0 Å². The fourth-order valence-corrected chi connectivity index (χ4v) is 2.81. The van der Waals surface area contributed by atoms with Crippen LogP contribution in [-0.2, 0) is 4.74 Å². The minimum Gasteiger partial charge on any atom is -0.378 e. The second-order valence-corrected chi connectivity index (χ2v) is 5.91. The summed E-state index contributed by atoms with van der Waals surface area (Å²) in [5, 5.41) is 6.77. The van der Waals surface area contributed by atoms with Crippen LogP contribution < -0.4 is 10.6 Å².